The Morgan fingerprint density at radius 3 is 2.60 bits per heavy atom. The Balaban J connectivity index is 2.82. The van der Waals surface area contributed by atoms with Gasteiger partial charge >= 0.3 is 0 Å². The molecule has 0 radical (unpaired) electrons. The monoisotopic (exact) mass is 314 g/mol. The summed E-state index contributed by atoms with van der Waals surface area (Å²) in [6.07, 6.45) is 3.28. The van der Waals surface area contributed by atoms with E-state index in [1.807, 2.05) is 11.8 Å². The van der Waals surface area contributed by atoms with Gasteiger partial charge in [0.25, 0.3) is 0 Å². The number of hydrogen-bond acceptors (Lipinski definition) is 3. The number of anilines is 1. The maximum absolute atomic E-state index is 6.47. The van der Waals surface area contributed by atoms with E-state index < -0.39 is 0 Å². The van der Waals surface area contributed by atoms with Crippen LogP contribution >= 0.6 is 23.4 Å². The molecule has 0 aromatic heterocycles. The van der Waals surface area contributed by atoms with E-state index in [0.717, 1.165) is 29.4 Å². The maximum Gasteiger partial charge on any atom is 0.0642 e. The highest BCUT2D eigenvalue weighted by molar-refractivity contribution is 7.98. The molecule has 0 heterocycles. The second-order valence-electron chi connectivity index (χ2n) is 5.30. The van der Waals surface area contributed by atoms with Gasteiger partial charge in [0.05, 0.1) is 10.7 Å². The molecule has 0 bridgehead atoms. The first kappa shape index (κ1) is 17.7. The Morgan fingerprint density at radius 2 is 2.05 bits per heavy atom. The number of nitrogens with zero attached hydrogens (tertiary/aromatic N) is 1. The number of nitrogens with one attached hydrogen (secondary N) is 1. The van der Waals surface area contributed by atoms with Crippen LogP contribution in [0.2, 0.25) is 5.02 Å². The molecule has 1 aromatic carbocycles. The molecule has 20 heavy (non-hydrogen) atoms. The first-order valence-corrected chi connectivity index (χ1v) is 9.03. The molecular weight excluding hydrogens is 288 g/mol. The molecular formula is C16H27ClN2S. The molecule has 0 fully saturated rings. The van der Waals surface area contributed by atoms with Gasteiger partial charge in [-0.2, -0.15) is 11.8 Å². The highest BCUT2D eigenvalue weighted by atomic mass is 35.5. The summed E-state index contributed by atoms with van der Waals surface area (Å²) in [5.74, 6) is 1.10. The molecule has 0 aliphatic rings. The molecule has 2 nitrogen and oxygen atoms in total. The molecule has 1 rings (SSSR count). The molecule has 0 saturated heterocycles. The van der Waals surface area contributed by atoms with Gasteiger partial charge in [-0.3, -0.25) is 0 Å². The second-order valence-corrected chi connectivity index (χ2v) is 6.62. The van der Waals surface area contributed by atoms with Gasteiger partial charge < -0.3 is 10.2 Å². The molecule has 0 aliphatic carbocycles. The van der Waals surface area contributed by atoms with E-state index in [4.69, 9.17) is 11.6 Å². The predicted octanol–water partition coefficient (Wildman–Crippen LogP) is 4.59. The minimum Gasteiger partial charge on any atom is -0.370 e. The van der Waals surface area contributed by atoms with E-state index >= 15 is 0 Å². The summed E-state index contributed by atoms with van der Waals surface area (Å²) in [5.41, 5.74) is 2.36. The summed E-state index contributed by atoms with van der Waals surface area (Å²) in [6.45, 7) is 7.62. The lowest BCUT2D eigenvalue weighted by Crippen LogP contribution is -2.31. The van der Waals surface area contributed by atoms with Gasteiger partial charge in [-0.25, -0.2) is 0 Å². The van der Waals surface area contributed by atoms with Crippen molar-refractivity contribution < 1.29 is 0 Å². The van der Waals surface area contributed by atoms with Crippen LogP contribution in [-0.4, -0.2) is 31.6 Å². The zero-order valence-electron chi connectivity index (χ0n) is 13.2. The summed E-state index contributed by atoms with van der Waals surface area (Å²) in [6, 6.07) is 7.22. The average molecular weight is 315 g/mol. The van der Waals surface area contributed by atoms with Crippen molar-refractivity contribution in [3.05, 3.63) is 28.8 Å². The summed E-state index contributed by atoms with van der Waals surface area (Å²) in [7, 11) is 2.11. The van der Waals surface area contributed by atoms with E-state index in [9.17, 15) is 0 Å². The lowest BCUT2D eigenvalue weighted by molar-refractivity contribution is 0.570. The summed E-state index contributed by atoms with van der Waals surface area (Å²) in [4.78, 5) is 2.26. The maximum atomic E-state index is 6.47. The van der Waals surface area contributed by atoms with E-state index in [1.165, 1.54) is 5.56 Å². The van der Waals surface area contributed by atoms with Gasteiger partial charge in [0.2, 0.25) is 0 Å². The molecule has 0 aliphatic heterocycles. The van der Waals surface area contributed by atoms with Gasteiger partial charge in [0.15, 0.2) is 0 Å². The fraction of sp³-hybridized carbons (Fsp3) is 0.625. The number of thioether (sulfide) groups is 1. The average Bonchev–Trinajstić information content (AvgIpc) is 2.44. The summed E-state index contributed by atoms with van der Waals surface area (Å²) in [5, 5.41) is 4.33. The quantitative estimate of drug-likeness (QED) is 0.755. The molecule has 1 aromatic rings. The van der Waals surface area contributed by atoms with Crippen molar-refractivity contribution in [3.8, 4) is 0 Å². The minimum absolute atomic E-state index is 0.343. The molecule has 2 atom stereocenters. The van der Waals surface area contributed by atoms with Crippen LogP contribution in [0.3, 0.4) is 0 Å². The first-order valence-electron chi connectivity index (χ1n) is 7.25. The Labute approximate surface area is 133 Å². The molecule has 2 unspecified atom stereocenters. The SMILES string of the molecule is CCCNC(C)c1ccc(N(C)C(C)CSC)c(Cl)c1. The van der Waals surface area contributed by atoms with Crippen molar-refractivity contribution in [1.82, 2.24) is 5.32 Å². The van der Waals surface area contributed by atoms with E-state index in [2.05, 4.69) is 62.5 Å². The Bertz CT molecular complexity index is 411. The van der Waals surface area contributed by atoms with E-state index in [1.54, 1.807) is 0 Å². The largest absolute Gasteiger partial charge is 0.370 e. The van der Waals surface area contributed by atoms with Gasteiger partial charge in [-0.05, 0) is 50.8 Å². The topological polar surface area (TPSA) is 15.3 Å². The normalized spacial score (nSPS) is 14.1. The number of benzene rings is 1. The lowest BCUT2D eigenvalue weighted by Gasteiger charge is -2.28. The Morgan fingerprint density at radius 1 is 1.35 bits per heavy atom. The third kappa shape index (κ3) is 4.87. The van der Waals surface area contributed by atoms with Gasteiger partial charge in [-0.1, -0.05) is 24.6 Å². The van der Waals surface area contributed by atoms with Crippen molar-refractivity contribution in [3.63, 3.8) is 0 Å². The van der Waals surface area contributed by atoms with Crippen molar-refractivity contribution in [2.75, 3.05) is 30.5 Å². The second kappa shape index (κ2) is 8.81. The zero-order valence-corrected chi connectivity index (χ0v) is 14.8. The van der Waals surface area contributed by atoms with Crippen LogP contribution in [0.1, 0.15) is 38.8 Å². The number of halogens is 1. The van der Waals surface area contributed by atoms with Crippen molar-refractivity contribution in [1.29, 1.82) is 0 Å². The fourth-order valence-corrected chi connectivity index (χ4v) is 3.18. The first-order chi connectivity index (χ1) is 9.51. The predicted molar refractivity (Wildman–Crippen MR) is 94.4 cm³/mol. The van der Waals surface area contributed by atoms with Crippen LogP contribution in [0.15, 0.2) is 18.2 Å². The van der Waals surface area contributed by atoms with Crippen molar-refractivity contribution in [2.45, 2.75) is 39.3 Å². The van der Waals surface area contributed by atoms with Gasteiger partial charge in [-0.15, -0.1) is 0 Å². The van der Waals surface area contributed by atoms with Crippen LogP contribution < -0.4 is 10.2 Å². The third-order valence-corrected chi connectivity index (χ3v) is 4.74. The van der Waals surface area contributed by atoms with Gasteiger partial charge in [0, 0.05) is 24.9 Å². The van der Waals surface area contributed by atoms with Crippen LogP contribution in [-0.2, 0) is 0 Å². The third-order valence-electron chi connectivity index (χ3n) is 3.62. The molecule has 114 valence electrons. The highest BCUT2D eigenvalue weighted by Gasteiger charge is 2.14. The zero-order chi connectivity index (χ0) is 15.1. The Hall–Kier alpha value is -0.380. The number of rotatable bonds is 8. The minimum atomic E-state index is 0.343. The molecule has 0 amide bonds. The van der Waals surface area contributed by atoms with E-state index in [-0.39, 0.29) is 0 Å². The molecule has 1 N–H and O–H groups in total. The van der Waals surface area contributed by atoms with Crippen LogP contribution in [0.4, 0.5) is 5.69 Å². The standard InChI is InChI=1S/C16H27ClN2S/c1-6-9-18-13(3)14-7-8-16(15(17)10-14)19(4)12(2)11-20-5/h7-8,10,12-13,18H,6,9,11H2,1-5H3. The summed E-state index contributed by atoms with van der Waals surface area (Å²) >= 11 is 8.33. The molecule has 0 saturated carbocycles. The van der Waals surface area contributed by atoms with Crippen LogP contribution in [0, 0.1) is 0 Å². The summed E-state index contributed by atoms with van der Waals surface area (Å²) < 4.78 is 0. The van der Waals surface area contributed by atoms with Crippen molar-refractivity contribution in [2.24, 2.45) is 0 Å². The molecule has 0 spiro atoms. The fourth-order valence-electron chi connectivity index (χ4n) is 2.15. The van der Waals surface area contributed by atoms with Crippen molar-refractivity contribution >= 4 is 29.1 Å². The molecule has 4 heteroatoms. The highest BCUT2D eigenvalue weighted by Crippen LogP contribution is 2.29. The van der Waals surface area contributed by atoms with E-state index in [0.29, 0.717) is 12.1 Å². The smallest absolute Gasteiger partial charge is 0.0642 e. The van der Waals surface area contributed by atoms with Gasteiger partial charge in [0.1, 0.15) is 0 Å². The Kier molecular flexibility index (Phi) is 7.78. The lowest BCUT2D eigenvalue weighted by atomic mass is 10.1. The van der Waals surface area contributed by atoms with Crippen LogP contribution in [0.25, 0.3) is 0 Å². The van der Waals surface area contributed by atoms with Crippen LogP contribution in [0.5, 0.6) is 0 Å². The number of hydrogen-bond donors (Lipinski definition) is 1.